The van der Waals surface area contributed by atoms with Crippen LogP contribution in [0.4, 0.5) is 4.39 Å². The number of aliphatic hydroxyl groups is 1. The maximum Gasteiger partial charge on any atom is 0.123 e. The molecule has 18 heavy (non-hydrogen) atoms. The molecule has 0 aliphatic heterocycles. The van der Waals surface area contributed by atoms with Gasteiger partial charge in [0.25, 0.3) is 0 Å². The van der Waals surface area contributed by atoms with Crippen molar-refractivity contribution in [2.75, 3.05) is 0 Å². The van der Waals surface area contributed by atoms with Gasteiger partial charge in [0.2, 0.25) is 0 Å². The van der Waals surface area contributed by atoms with E-state index in [9.17, 15) is 9.50 Å². The van der Waals surface area contributed by atoms with Crippen LogP contribution in [0.3, 0.4) is 0 Å². The summed E-state index contributed by atoms with van der Waals surface area (Å²) in [4.78, 5) is 0. The van der Waals surface area contributed by atoms with E-state index in [1.165, 1.54) is 37.8 Å². The fraction of sp³-hybridized carbons (Fsp3) is 0.625. The van der Waals surface area contributed by atoms with Gasteiger partial charge in [-0.25, -0.2) is 4.39 Å². The molecule has 2 heteroatoms. The van der Waals surface area contributed by atoms with Crippen molar-refractivity contribution in [3.8, 4) is 0 Å². The van der Waals surface area contributed by atoms with Crippen molar-refractivity contribution in [2.45, 2.75) is 44.6 Å². The highest BCUT2D eigenvalue weighted by atomic mass is 19.1. The topological polar surface area (TPSA) is 20.2 Å². The maximum atomic E-state index is 13.1. The molecule has 0 amide bonds. The summed E-state index contributed by atoms with van der Waals surface area (Å²) < 4.78 is 13.1. The Hall–Kier alpha value is -0.890. The van der Waals surface area contributed by atoms with Gasteiger partial charge in [0.15, 0.2) is 0 Å². The molecule has 1 aromatic carbocycles. The van der Waals surface area contributed by atoms with Crippen LogP contribution in [0.15, 0.2) is 24.3 Å². The Morgan fingerprint density at radius 3 is 2.83 bits per heavy atom. The zero-order valence-corrected chi connectivity index (χ0v) is 10.7. The van der Waals surface area contributed by atoms with Crippen LogP contribution in [0.2, 0.25) is 0 Å². The van der Waals surface area contributed by atoms with Gasteiger partial charge in [0.05, 0.1) is 6.10 Å². The Morgan fingerprint density at radius 2 is 2.17 bits per heavy atom. The summed E-state index contributed by atoms with van der Waals surface area (Å²) in [5.41, 5.74) is 0.908. The molecule has 4 atom stereocenters. The summed E-state index contributed by atoms with van der Waals surface area (Å²) in [5.74, 6) is 2.30. The van der Waals surface area contributed by atoms with Crippen LogP contribution in [0, 0.1) is 23.6 Å². The quantitative estimate of drug-likeness (QED) is 0.864. The van der Waals surface area contributed by atoms with Crippen molar-refractivity contribution in [1.29, 1.82) is 0 Å². The maximum absolute atomic E-state index is 13.1. The van der Waals surface area contributed by atoms with Gasteiger partial charge in [-0.15, -0.1) is 0 Å². The van der Waals surface area contributed by atoms with Gasteiger partial charge >= 0.3 is 0 Å². The number of halogens is 1. The molecule has 0 heterocycles. The van der Waals surface area contributed by atoms with Gasteiger partial charge < -0.3 is 5.11 Å². The van der Waals surface area contributed by atoms with Crippen molar-refractivity contribution in [3.63, 3.8) is 0 Å². The average molecular weight is 248 g/mol. The summed E-state index contributed by atoms with van der Waals surface area (Å²) in [6, 6.07) is 6.60. The fourth-order valence-corrected chi connectivity index (χ4v) is 4.03. The minimum Gasteiger partial charge on any atom is -0.393 e. The van der Waals surface area contributed by atoms with Crippen molar-refractivity contribution in [3.05, 3.63) is 35.6 Å². The normalized spacial score (nSPS) is 31.8. The second kappa shape index (κ2) is 5.00. The molecule has 0 saturated heterocycles. The summed E-state index contributed by atoms with van der Waals surface area (Å²) >= 11 is 0. The molecular formula is C16H21FO. The van der Waals surface area contributed by atoms with Gasteiger partial charge in [-0.3, -0.25) is 0 Å². The largest absolute Gasteiger partial charge is 0.393 e. The van der Waals surface area contributed by atoms with E-state index < -0.39 is 0 Å². The first-order valence-electron chi connectivity index (χ1n) is 7.13. The Bertz CT molecular complexity index is 417. The van der Waals surface area contributed by atoms with E-state index in [0.717, 1.165) is 23.8 Å². The number of rotatable bonds is 4. The van der Waals surface area contributed by atoms with Gasteiger partial charge in [-0.05, 0) is 67.6 Å². The number of hydrogen-bond donors (Lipinski definition) is 1. The summed E-state index contributed by atoms with van der Waals surface area (Å²) in [6.45, 7) is 0. The average Bonchev–Trinajstić information content (AvgIpc) is 2.90. The molecule has 2 aliphatic rings. The molecule has 1 N–H and O–H groups in total. The Balaban J connectivity index is 1.54. The Kier molecular flexibility index (Phi) is 3.38. The van der Waals surface area contributed by atoms with Crippen molar-refractivity contribution in [1.82, 2.24) is 0 Å². The van der Waals surface area contributed by atoms with Crippen LogP contribution >= 0.6 is 0 Å². The van der Waals surface area contributed by atoms with Crippen molar-refractivity contribution in [2.24, 2.45) is 17.8 Å². The standard InChI is InChI=1S/C16H21FO/c17-15-3-1-2-11(8-15)9-16(18)10-14-7-12-4-5-13(14)6-12/h1-3,8,12-14,16,18H,4-7,9-10H2. The number of fused-ring (bicyclic) bond motifs is 2. The molecule has 1 aromatic rings. The SMILES string of the molecule is OC(Cc1cccc(F)c1)CC1CC2CCC1C2. The summed E-state index contributed by atoms with van der Waals surface area (Å²) in [5, 5.41) is 10.2. The lowest BCUT2D eigenvalue weighted by atomic mass is 9.84. The van der Waals surface area contributed by atoms with Gasteiger partial charge in [-0.1, -0.05) is 18.6 Å². The zero-order chi connectivity index (χ0) is 12.5. The van der Waals surface area contributed by atoms with Crippen LogP contribution < -0.4 is 0 Å². The van der Waals surface area contributed by atoms with E-state index in [1.807, 2.05) is 6.07 Å². The molecule has 4 unspecified atom stereocenters. The number of aliphatic hydroxyl groups excluding tert-OH is 1. The molecule has 1 nitrogen and oxygen atoms in total. The van der Waals surface area contributed by atoms with Crippen LogP contribution in [0.5, 0.6) is 0 Å². The third-order valence-electron chi connectivity index (χ3n) is 4.82. The lowest BCUT2D eigenvalue weighted by molar-refractivity contribution is 0.124. The third kappa shape index (κ3) is 2.59. The first-order chi connectivity index (χ1) is 8.70. The minimum absolute atomic E-state index is 0.209. The predicted octanol–water partition coefficient (Wildman–Crippen LogP) is 3.56. The van der Waals surface area contributed by atoms with Gasteiger partial charge in [0.1, 0.15) is 5.82 Å². The Morgan fingerprint density at radius 1 is 1.28 bits per heavy atom. The zero-order valence-electron chi connectivity index (χ0n) is 10.7. The number of hydrogen-bond acceptors (Lipinski definition) is 1. The highest BCUT2D eigenvalue weighted by Crippen LogP contribution is 2.49. The highest BCUT2D eigenvalue weighted by Gasteiger charge is 2.39. The fourth-order valence-electron chi connectivity index (χ4n) is 4.03. The Labute approximate surface area is 108 Å². The molecule has 2 fully saturated rings. The molecule has 2 bridgehead atoms. The molecule has 0 radical (unpaired) electrons. The van der Waals surface area contributed by atoms with E-state index in [-0.39, 0.29) is 11.9 Å². The first-order valence-corrected chi connectivity index (χ1v) is 7.13. The van der Waals surface area contributed by atoms with Crippen molar-refractivity contribution >= 4 is 0 Å². The van der Waals surface area contributed by atoms with Gasteiger partial charge in [-0.2, -0.15) is 0 Å². The second-order valence-corrected chi connectivity index (χ2v) is 6.16. The van der Waals surface area contributed by atoms with Gasteiger partial charge in [0, 0.05) is 0 Å². The van der Waals surface area contributed by atoms with E-state index in [0.29, 0.717) is 12.3 Å². The first kappa shape index (κ1) is 12.2. The molecule has 2 saturated carbocycles. The molecule has 98 valence electrons. The molecule has 0 spiro atoms. The number of benzene rings is 1. The smallest absolute Gasteiger partial charge is 0.123 e. The lowest BCUT2D eigenvalue weighted by Crippen LogP contribution is -2.20. The minimum atomic E-state index is -0.309. The van der Waals surface area contributed by atoms with Crippen LogP contribution in [0.1, 0.15) is 37.7 Å². The van der Waals surface area contributed by atoms with Crippen LogP contribution in [0.25, 0.3) is 0 Å². The molecular weight excluding hydrogens is 227 g/mol. The van der Waals surface area contributed by atoms with Crippen LogP contribution in [-0.4, -0.2) is 11.2 Å². The third-order valence-corrected chi connectivity index (χ3v) is 4.82. The lowest BCUT2D eigenvalue weighted by Gasteiger charge is -2.24. The van der Waals surface area contributed by atoms with E-state index >= 15 is 0 Å². The monoisotopic (exact) mass is 248 g/mol. The molecule has 0 aromatic heterocycles. The van der Waals surface area contributed by atoms with E-state index in [1.54, 1.807) is 6.07 Å². The summed E-state index contributed by atoms with van der Waals surface area (Å²) in [7, 11) is 0. The summed E-state index contributed by atoms with van der Waals surface area (Å²) in [6.07, 6.45) is 6.64. The second-order valence-electron chi connectivity index (χ2n) is 6.16. The van der Waals surface area contributed by atoms with E-state index in [4.69, 9.17) is 0 Å². The predicted molar refractivity (Wildman–Crippen MR) is 69.7 cm³/mol. The van der Waals surface area contributed by atoms with E-state index in [2.05, 4.69) is 0 Å². The van der Waals surface area contributed by atoms with Crippen LogP contribution in [-0.2, 0) is 6.42 Å². The van der Waals surface area contributed by atoms with Crippen molar-refractivity contribution < 1.29 is 9.50 Å². The molecule has 3 rings (SSSR count). The highest BCUT2D eigenvalue weighted by molar-refractivity contribution is 5.17. The molecule has 2 aliphatic carbocycles.